The molecule has 0 aromatic carbocycles. The first-order chi connectivity index (χ1) is 8.66. The highest BCUT2D eigenvalue weighted by Gasteiger charge is 2.27. The molecule has 1 N–H and O–H groups in total. The zero-order valence-corrected chi connectivity index (χ0v) is 12.0. The molecule has 2 fully saturated rings. The highest BCUT2D eigenvalue weighted by atomic mass is 16.5. The van der Waals surface area contributed by atoms with Crippen LogP contribution in [0.4, 0.5) is 0 Å². The molecule has 2 aliphatic rings. The van der Waals surface area contributed by atoms with Crippen LogP contribution in [0.3, 0.4) is 0 Å². The van der Waals surface area contributed by atoms with E-state index in [2.05, 4.69) is 18.7 Å². The standard InChI is InChI=1S/C15H29NO2/c1-12-6-5-7-13(2)16(12)10-14(17)11-18-15-8-3-4-9-15/h12-15,17H,3-11H2,1-2H3/t12-,13-,14-/m0/s1. The summed E-state index contributed by atoms with van der Waals surface area (Å²) < 4.78 is 5.80. The van der Waals surface area contributed by atoms with Crippen LogP contribution in [0.5, 0.6) is 0 Å². The van der Waals surface area contributed by atoms with Gasteiger partial charge in [0.05, 0.1) is 18.8 Å². The maximum Gasteiger partial charge on any atom is 0.0900 e. The Morgan fingerprint density at radius 3 is 2.28 bits per heavy atom. The Morgan fingerprint density at radius 2 is 1.67 bits per heavy atom. The van der Waals surface area contributed by atoms with E-state index in [0.29, 0.717) is 24.8 Å². The first-order valence-electron chi connectivity index (χ1n) is 7.72. The predicted octanol–water partition coefficient (Wildman–Crippen LogP) is 2.57. The van der Waals surface area contributed by atoms with E-state index in [4.69, 9.17) is 4.74 Å². The molecule has 0 spiro atoms. The number of aliphatic hydroxyl groups excluding tert-OH is 1. The summed E-state index contributed by atoms with van der Waals surface area (Å²) in [6.45, 7) is 5.84. The largest absolute Gasteiger partial charge is 0.389 e. The van der Waals surface area contributed by atoms with E-state index in [0.717, 1.165) is 6.54 Å². The number of nitrogens with zero attached hydrogens (tertiary/aromatic N) is 1. The number of hydrogen-bond acceptors (Lipinski definition) is 3. The first kappa shape index (κ1) is 14.3. The van der Waals surface area contributed by atoms with Crippen molar-refractivity contribution in [2.45, 2.75) is 83.1 Å². The normalized spacial score (nSPS) is 32.8. The number of ether oxygens (including phenoxy) is 1. The molecule has 1 saturated carbocycles. The zero-order chi connectivity index (χ0) is 13.0. The number of β-amino-alcohol motifs (C(OH)–C–C–N with tert-alkyl or cyclic N) is 1. The lowest BCUT2D eigenvalue weighted by atomic mass is 9.97. The predicted molar refractivity (Wildman–Crippen MR) is 73.7 cm³/mol. The number of aliphatic hydroxyl groups is 1. The van der Waals surface area contributed by atoms with E-state index in [-0.39, 0.29) is 6.10 Å². The highest BCUT2D eigenvalue weighted by molar-refractivity contribution is 4.81. The molecule has 2 rings (SSSR count). The quantitative estimate of drug-likeness (QED) is 0.819. The van der Waals surface area contributed by atoms with Crippen molar-refractivity contribution in [2.24, 2.45) is 0 Å². The van der Waals surface area contributed by atoms with Crippen LogP contribution >= 0.6 is 0 Å². The lowest BCUT2D eigenvalue weighted by molar-refractivity contribution is -0.0335. The second-order valence-electron chi connectivity index (χ2n) is 6.22. The third kappa shape index (κ3) is 3.94. The fourth-order valence-electron chi connectivity index (χ4n) is 3.43. The zero-order valence-electron chi connectivity index (χ0n) is 12.0. The van der Waals surface area contributed by atoms with Crippen LogP contribution in [0.1, 0.15) is 58.8 Å². The molecular formula is C15H29NO2. The van der Waals surface area contributed by atoms with Crippen LogP contribution in [-0.2, 0) is 4.74 Å². The van der Waals surface area contributed by atoms with Gasteiger partial charge in [0.15, 0.2) is 0 Å². The van der Waals surface area contributed by atoms with Crippen LogP contribution < -0.4 is 0 Å². The van der Waals surface area contributed by atoms with Gasteiger partial charge in [-0.15, -0.1) is 0 Å². The SMILES string of the molecule is C[C@H]1CCC[C@H](C)N1C[C@H](O)COC1CCCC1. The van der Waals surface area contributed by atoms with Gasteiger partial charge in [0, 0.05) is 18.6 Å². The lowest BCUT2D eigenvalue weighted by Gasteiger charge is -2.40. The van der Waals surface area contributed by atoms with Crippen molar-refractivity contribution in [3.8, 4) is 0 Å². The molecule has 0 bridgehead atoms. The van der Waals surface area contributed by atoms with E-state index in [9.17, 15) is 5.11 Å². The molecule has 1 aliphatic heterocycles. The lowest BCUT2D eigenvalue weighted by Crippen LogP contribution is -2.48. The van der Waals surface area contributed by atoms with Crippen molar-refractivity contribution in [2.75, 3.05) is 13.2 Å². The molecule has 106 valence electrons. The summed E-state index contributed by atoms with van der Waals surface area (Å²) in [5, 5.41) is 10.1. The van der Waals surface area contributed by atoms with E-state index in [1.165, 1.54) is 44.9 Å². The summed E-state index contributed by atoms with van der Waals surface area (Å²) in [5.41, 5.74) is 0. The molecule has 18 heavy (non-hydrogen) atoms. The van der Waals surface area contributed by atoms with Crippen LogP contribution in [0.2, 0.25) is 0 Å². The van der Waals surface area contributed by atoms with Gasteiger partial charge in [0.25, 0.3) is 0 Å². The van der Waals surface area contributed by atoms with Crippen molar-refractivity contribution >= 4 is 0 Å². The molecule has 0 aromatic heterocycles. The topological polar surface area (TPSA) is 32.7 Å². The Bertz CT molecular complexity index is 231. The Balaban J connectivity index is 1.70. The Morgan fingerprint density at radius 1 is 1.06 bits per heavy atom. The molecule has 0 unspecified atom stereocenters. The summed E-state index contributed by atoms with van der Waals surface area (Å²) in [7, 11) is 0. The van der Waals surface area contributed by atoms with Gasteiger partial charge in [-0.05, 0) is 39.5 Å². The number of hydrogen-bond donors (Lipinski definition) is 1. The van der Waals surface area contributed by atoms with E-state index in [1.807, 2.05) is 0 Å². The summed E-state index contributed by atoms with van der Waals surface area (Å²) >= 11 is 0. The summed E-state index contributed by atoms with van der Waals surface area (Å²) in [6.07, 6.45) is 8.90. The van der Waals surface area contributed by atoms with Gasteiger partial charge < -0.3 is 9.84 Å². The fraction of sp³-hybridized carbons (Fsp3) is 1.00. The summed E-state index contributed by atoms with van der Waals surface area (Å²) in [5.74, 6) is 0. The monoisotopic (exact) mass is 255 g/mol. The maximum absolute atomic E-state index is 10.1. The number of likely N-dealkylation sites (tertiary alicyclic amines) is 1. The third-order valence-corrected chi connectivity index (χ3v) is 4.62. The van der Waals surface area contributed by atoms with Crippen molar-refractivity contribution < 1.29 is 9.84 Å². The Kier molecular flexibility index (Phi) is 5.46. The van der Waals surface area contributed by atoms with Gasteiger partial charge in [0.2, 0.25) is 0 Å². The average Bonchev–Trinajstić information content (AvgIpc) is 2.84. The minimum atomic E-state index is -0.325. The molecule has 0 aromatic rings. The van der Waals surface area contributed by atoms with E-state index in [1.54, 1.807) is 0 Å². The second-order valence-corrected chi connectivity index (χ2v) is 6.22. The van der Waals surface area contributed by atoms with Crippen LogP contribution in [0.25, 0.3) is 0 Å². The number of rotatable bonds is 5. The van der Waals surface area contributed by atoms with Crippen molar-refractivity contribution in [3.05, 3.63) is 0 Å². The van der Waals surface area contributed by atoms with Gasteiger partial charge in [-0.1, -0.05) is 19.3 Å². The summed E-state index contributed by atoms with van der Waals surface area (Å²) in [6, 6.07) is 1.21. The Labute approximate surface area is 112 Å². The molecule has 1 aliphatic carbocycles. The maximum atomic E-state index is 10.1. The Hall–Kier alpha value is -0.120. The molecule has 3 atom stereocenters. The van der Waals surface area contributed by atoms with E-state index < -0.39 is 0 Å². The van der Waals surface area contributed by atoms with Gasteiger partial charge in [0.1, 0.15) is 0 Å². The van der Waals surface area contributed by atoms with Crippen molar-refractivity contribution in [1.82, 2.24) is 4.90 Å². The molecule has 3 nitrogen and oxygen atoms in total. The van der Waals surface area contributed by atoms with Gasteiger partial charge in [-0.25, -0.2) is 0 Å². The molecule has 1 saturated heterocycles. The van der Waals surface area contributed by atoms with Crippen LogP contribution in [0.15, 0.2) is 0 Å². The average molecular weight is 255 g/mol. The highest BCUT2D eigenvalue weighted by Crippen LogP contribution is 2.23. The van der Waals surface area contributed by atoms with Gasteiger partial charge in [-0.2, -0.15) is 0 Å². The molecule has 1 heterocycles. The molecule has 0 radical (unpaired) electrons. The smallest absolute Gasteiger partial charge is 0.0900 e. The van der Waals surface area contributed by atoms with Crippen LogP contribution in [0, 0.1) is 0 Å². The number of piperidine rings is 1. The molecule has 0 amide bonds. The minimum Gasteiger partial charge on any atom is -0.389 e. The molecular weight excluding hydrogens is 226 g/mol. The summed E-state index contributed by atoms with van der Waals surface area (Å²) in [4.78, 5) is 2.45. The van der Waals surface area contributed by atoms with Crippen molar-refractivity contribution in [1.29, 1.82) is 0 Å². The second kappa shape index (κ2) is 6.88. The van der Waals surface area contributed by atoms with E-state index >= 15 is 0 Å². The van der Waals surface area contributed by atoms with Crippen LogP contribution in [-0.4, -0.2) is 47.4 Å². The van der Waals surface area contributed by atoms with Crippen molar-refractivity contribution in [3.63, 3.8) is 0 Å². The fourth-order valence-corrected chi connectivity index (χ4v) is 3.43. The minimum absolute atomic E-state index is 0.325. The molecule has 3 heteroatoms. The van der Waals surface area contributed by atoms with Gasteiger partial charge in [-0.3, -0.25) is 4.90 Å². The first-order valence-corrected chi connectivity index (χ1v) is 7.72. The third-order valence-electron chi connectivity index (χ3n) is 4.62. The van der Waals surface area contributed by atoms with Gasteiger partial charge >= 0.3 is 0 Å².